The Kier molecular flexibility index (Phi) is 18.8. The van der Waals surface area contributed by atoms with Gasteiger partial charge < -0.3 is 10.2 Å². The summed E-state index contributed by atoms with van der Waals surface area (Å²) in [4.78, 5) is 114. The summed E-state index contributed by atoms with van der Waals surface area (Å²) in [7, 11) is 0. The summed E-state index contributed by atoms with van der Waals surface area (Å²) in [5.41, 5.74) is -13.3. The van der Waals surface area contributed by atoms with Gasteiger partial charge in [0.05, 0.1) is 65.3 Å². The minimum absolute atomic E-state index is 0. The van der Waals surface area contributed by atoms with E-state index in [1.807, 2.05) is 0 Å². The van der Waals surface area contributed by atoms with Crippen molar-refractivity contribution in [2.24, 2.45) is 0 Å². The molecule has 0 unspecified atom stereocenters. The fraction of sp³-hybridized carbons (Fsp3) is 0. The molecule has 0 aliphatic heterocycles. The molecule has 4 rings (SSSR count). The van der Waals surface area contributed by atoms with Crippen LogP contribution in [0.25, 0.3) is 0 Å². The molecular weight excluding hydrogens is 1320 g/mol. The quantitative estimate of drug-likeness (QED) is 0.0884. The van der Waals surface area contributed by atoms with Crippen molar-refractivity contribution in [1.29, 1.82) is 0 Å². The average molecular weight is 1330 g/mol. The van der Waals surface area contributed by atoms with Gasteiger partial charge in [-0.1, -0.05) is 0 Å². The van der Waals surface area contributed by atoms with Crippen LogP contribution in [-0.4, -0.2) is 112 Å². The van der Waals surface area contributed by atoms with Gasteiger partial charge in [-0.2, -0.15) is 0 Å². The van der Waals surface area contributed by atoms with Gasteiger partial charge in [-0.05, 0) is 0 Å². The monoisotopic (exact) mass is 1330 g/mol. The summed E-state index contributed by atoms with van der Waals surface area (Å²) in [5, 5.41) is 151. The molecule has 0 saturated carbocycles. The molecule has 66 heavy (non-hydrogen) atoms. The molecule has 42 heteroatoms. The molecule has 2 radical (unpaired) electrons. The Morgan fingerprint density at radius 2 is 0.439 bits per heavy atom. The standard InChI is InChI=1S/4C6H3N3O7.2Pb/c4*10-6-4(8(13)14)1-3(7(11)12)2-5(6)9(15)16;;/h4*1-2,10H;;/q;;;;+2;+4/p-4. The van der Waals surface area contributed by atoms with Gasteiger partial charge in [0, 0.05) is 0 Å². The number of benzene rings is 4. The van der Waals surface area contributed by atoms with Crippen LogP contribution in [-0.2, 0) is 0 Å². The van der Waals surface area contributed by atoms with Crippen molar-refractivity contribution in [3.63, 3.8) is 0 Å². The maximum atomic E-state index is 11.2. The van der Waals surface area contributed by atoms with Gasteiger partial charge in [-0.3, -0.25) is 60.7 Å². The van der Waals surface area contributed by atoms with Crippen LogP contribution in [0.3, 0.4) is 0 Å². The van der Waals surface area contributed by atoms with Crippen LogP contribution in [0.4, 0.5) is 68.2 Å². The Labute approximate surface area is 386 Å². The third kappa shape index (κ3) is 13.4. The van der Waals surface area contributed by atoms with Crippen molar-refractivity contribution >= 4 is 121 Å². The number of nitro groups is 12. The first-order valence-corrected chi connectivity index (χ1v) is 18.1. The summed E-state index contributed by atoms with van der Waals surface area (Å²) >= 11 is -3.41. The van der Waals surface area contributed by atoms with Crippen molar-refractivity contribution in [2.45, 2.75) is 0 Å². The summed E-state index contributed by atoms with van der Waals surface area (Å²) in [6.45, 7) is 0. The molecule has 0 heterocycles. The fourth-order valence-corrected chi connectivity index (χ4v) is 6.59. The second kappa shape index (κ2) is 22.7. The predicted octanol–water partition coefficient (Wildman–Crippen LogP) is 2.72. The van der Waals surface area contributed by atoms with Gasteiger partial charge in [0.2, 0.25) is 0 Å². The van der Waals surface area contributed by atoms with Crippen LogP contribution < -0.4 is 15.6 Å². The van der Waals surface area contributed by atoms with Crippen molar-refractivity contribution in [2.75, 3.05) is 0 Å². The zero-order valence-corrected chi connectivity index (χ0v) is 38.2. The summed E-state index contributed by atoms with van der Waals surface area (Å²) in [6, 6.07) is 2.99. The molecule has 4 aromatic carbocycles. The van der Waals surface area contributed by atoms with Gasteiger partial charge in [-0.15, -0.1) is 0 Å². The molecular formula is C24H8N12O28Pb2+2. The van der Waals surface area contributed by atoms with Crippen molar-refractivity contribution < 1.29 is 74.7 Å². The Morgan fingerprint density at radius 3 is 0.576 bits per heavy atom. The van der Waals surface area contributed by atoms with E-state index in [-0.39, 0.29) is 27.3 Å². The zero-order valence-electron chi connectivity index (χ0n) is 30.4. The molecule has 0 aliphatic carbocycles. The largest absolute Gasteiger partial charge is 2.00 e. The second-order valence-electron chi connectivity index (χ2n) is 10.6. The van der Waals surface area contributed by atoms with Gasteiger partial charge >= 0.3 is 218 Å². The Hall–Kier alpha value is -9.28. The van der Waals surface area contributed by atoms with Crippen LogP contribution in [0, 0.1) is 121 Å². The summed E-state index contributed by atoms with van der Waals surface area (Å²) in [5.74, 6) is -5.04. The fourth-order valence-electron chi connectivity index (χ4n) is 4.16. The molecule has 0 aromatic heterocycles. The van der Waals surface area contributed by atoms with Gasteiger partial charge in [-0.25, -0.2) is 0 Å². The number of hydrogen-bond donors (Lipinski definition) is 0. The smallest absolute Gasteiger partial charge is 2.00 e. The van der Waals surface area contributed by atoms with Crippen molar-refractivity contribution in [3.05, 3.63) is 170 Å². The molecule has 0 aliphatic rings. The number of rotatable bonds is 16. The molecule has 0 saturated heterocycles. The van der Waals surface area contributed by atoms with E-state index in [0.29, 0.717) is 48.5 Å². The molecule has 0 amide bonds. The van der Waals surface area contributed by atoms with E-state index in [9.17, 15) is 132 Å². The van der Waals surface area contributed by atoms with E-state index in [1.54, 1.807) is 0 Å². The normalized spacial score (nSPS) is 9.70. The number of nitro benzene ring substituents is 12. The van der Waals surface area contributed by atoms with E-state index in [4.69, 9.17) is 5.37 Å². The van der Waals surface area contributed by atoms with E-state index in [2.05, 4.69) is 0 Å². The Bertz CT molecular complexity index is 2460. The first kappa shape index (κ1) is 54.7. The molecule has 338 valence electrons. The zero-order chi connectivity index (χ0) is 49.9. The van der Waals surface area contributed by atoms with E-state index in [1.165, 1.54) is 0 Å². The molecule has 40 nitrogen and oxygen atoms in total. The first-order valence-electron chi connectivity index (χ1n) is 14.9. The molecule has 0 N–H and O–H groups in total. The average Bonchev–Trinajstić information content (AvgIpc) is 3.20. The van der Waals surface area contributed by atoms with Gasteiger partial charge in [0.15, 0.2) is 0 Å². The van der Waals surface area contributed by atoms with Crippen LogP contribution >= 0.6 is 0 Å². The Morgan fingerprint density at radius 1 is 0.288 bits per heavy atom. The molecule has 4 aromatic rings. The summed E-state index contributed by atoms with van der Waals surface area (Å²) in [6.07, 6.45) is 0. The third-order valence-electron chi connectivity index (χ3n) is 6.84. The summed E-state index contributed by atoms with van der Waals surface area (Å²) < 4.78 is 9.93. The minimum atomic E-state index is -3.41. The third-order valence-corrected chi connectivity index (χ3v) is 9.08. The molecule has 0 bridgehead atoms. The molecule has 0 spiro atoms. The van der Waals surface area contributed by atoms with Crippen LogP contribution in [0.15, 0.2) is 48.5 Å². The van der Waals surface area contributed by atoms with Crippen molar-refractivity contribution in [1.82, 2.24) is 0 Å². The van der Waals surface area contributed by atoms with Gasteiger partial charge in [0.25, 0.3) is 34.1 Å². The maximum absolute atomic E-state index is 11.2. The first-order chi connectivity index (χ1) is 30.0. The van der Waals surface area contributed by atoms with Gasteiger partial charge in [0.1, 0.15) is 0 Å². The van der Waals surface area contributed by atoms with Crippen LogP contribution in [0.1, 0.15) is 0 Å². The predicted molar refractivity (Wildman–Crippen MR) is 197 cm³/mol. The topological polar surface area (TPSA) is 582 Å². The van der Waals surface area contributed by atoms with E-state index >= 15 is 0 Å². The van der Waals surface area contributed by atoms with Crippen LogP contribution in [0.2, 0.25) is 0 Å². The van der Waals surface area contributed by atoms with E-state index < -0.39 is 175 Å². The number of nitrogens with zero attached hydrogens (tertiary/aromatic N) is 12. The Balaban J connectivity index is 0.000000551. The number of hydrogen-bond acceptors (Lipinski definition) is 28. The van der Waals surface area contributed by atoms with Crippen LogP contribution in [0.5, 0.6) is 23.0 Å². The minimum Gasteiger partial charge on any atom is 2.00 e. The van der Waals surface area contributed by atoms with Crippen molar-refractivity contribution in [3.8, 4) is 23.0 Å². The molecule has 0 atom stereocenters. The SMILES string of the molecule is O=[N+]([O-])c1cc([N+](=O)[O-])c([O-])c([N+](=O)[O-])c1.O=[N+]([O-])c1cc([N+](=O)[O-])c([O-])c([N+](=O)[O-])c1.O=[N+]([O-])c1cc([N+](=O)[O-])c([O][Pb+2][O]c2c([N+](=O)[O-])cc([N+](=O)[O-])cc2[N+](=O)[O-])c([N+](=O)[O-])c1.[Pb+2]. The van der Waals surface area contributed by atoms with E-state index in [0.717, 1.165) is 0 Å². The maximum Gasteiger partial charge on any atom is 2.00 e. The second-order valence-corrected chi connectivity index (χ2v) is 12.9. The number of non-ortho nitro benzene ring substituents is 4. The molecule has 0 fully saturated rings.